The van der Waals surface area contributed by atoms with Gasteiger partial charge in [-0.1, -0.05) is 20.8 Å². The summed E-state index contributed by atoms with van der Waals surface area (Å²) in [6.45, 7) is 8.94. The molecule has 1 atom stereocenters. The van der Waals surface area contributed by atoms with Crippen LogP contribution in [0.5, 0.6) is 0 Å². The normalized spacial score (nSPS) is 26.7. The maximum Gasteiger partial charge on any atom is 0.222 e. The number of ether oxygens (including phenoxy) is 1. The molecule has 4 nitrogen and oxygen atoms in total. The van der Waals surface area contributed by atoms with Crippen LogP contribution in [0.1, 0.15) is 27.2 Å². The Hall–Kier alpha value is -0.610. The van der Waals surface area contributed by atoms with Crippen molar-refractivity contribution in [1.82, 2.24) is 10.6 Å². The molecule has 1 aliphatic rings. The van der Waals surface area contributed by atoms with Gasteiger partial charge in [-0.2, -0.15) is 0 Å². The van der Waals surface area contributed by atoms with E-state index in [4.69, 9.17) is 4.74 Å². The lowest BCUT2D eigenvalue weighted by Crippen LogP contribution is -2.56. The second-order valence-corrected chi connectivity index (χ2v) is 4.43. The van der Waals surface area contributed by atoms with Crippen molar-refractivity contribution in [3.63, 3.8) is 0 Å². The number of carbonyl (C=O) groups is 1. The molecule has 0 aromatic carbocycles. The fraction of sp³-hybridized carbons (Fsp3) is 0.909. The maximum atomic E-state index is 11.5. The first-order valence-corrected chi connectivity index (χ1v) is 5.72. The summed E-state index contributed by atoms with van der Waals surface area (Å²) in [6, 6.07) is 0. The fourth-order valence-corrected chi connectivity index (χ4v) is 1.62. The first-order valence-electron chi connectivity index (χ1n) is 5.72. The van der Waals surface area contributed by atoms with Crippen molar-refractivity contribution in [3.05, 3.63) is 0 Å². The van der Waals surface area contributed by atoms with Crippen LogP contribution in [0, 0.1) is 5.92 Å². The van der Waals surface area contributed by atoms with Crippen molar-refractivity contribution in [2.24, 2.45) is 5.92 Å². The summed E-state index contributed by atoms with van der Waals surface area (Å²) in [5.41, 5.74) is -0.206. The Balaban J connectivity index is 2.42. The first-order chi connectivity index (χ1) is 7.09. The van der Waals surface area contributed by atoms with E-state index in [0.29, 0.717) is 6.54 Å². The zero-order valence-corrected chi connectivity index (χ0v) is 9.93. The predicted molar refractivity (Wildman–Crippen MR) is 59.7 cm³/mol. The van der Waals surface area contributed by atoms with E-state index in [1.165, 1.54) is 0 Å². The van der Waals surface area contributed by atoms with Crippen molar-refractivity contribution < 1.29 is 9.53 Å². The van der Waals surface area contributed by atoms with E-state index in [9.17, 15) is 4.79 Å². The Morgan fingerprint density at radius 1 is 1.60 bits per heavy atom. The smallest absolute Gasteiger partial charge is 0.222 e. The summed E-state index contributed by atoms with van der Waals surface area (Å²) >= 11 is 0. The van der Waals surface area contributed by atoms with Crippen molar-refractivity contribution >= 4 is 5.91 Å². The highest BCUT2D eigenvalue weighted by atomic mass is 16.5. The topological polar surface area (TPSA) is 50.4 Å². The van der Waals surface area contributed by atoms with Crippen LogP contribution in [-0.2, 0) is 9.53 Å². The molecule has 4 heteroatoms. The molecule has 1 heterocycles. The van der Waals surface area contributed by atoms with Gasteiger partial charge in [0, 0.05) is 25.6 Å². The van der Waals surface area contributed by atoms with Crippen LogP contribution in [0.3, 0.4) is 0 Å². The predicted octanol–water partition coefficient (Wildman–Crippen LogP) is 0.527. The lowest BCUT2D eigenvalue weighted by molar-refractivity contribution is -0.127. The quantitative estimate of drug-likeness (QED) is 0.717. The van der Waals surface area contributed by atoms with E-state index >= 15 is 0 Å². The lowest BCUT2D eigenvalue weighted by Gasteiger charge is -2.37. The summed E-state index contributed by atoms with van der Waals surface area (Å²) in [5.74, 6) is 0.132. The van der Waals surface area contributed by atoms with Gasteiger partial charge in [-0.3, -0.25) is 4.79 Å². The molecule has 1 aliphatic heterocycles. The zero-order valence-electron chi connectivity index (χ0n) is 9.93. The van der Waals surface area contributed by atoms with Gasteiger partial charge >= 0.3 is 0 Å². The summed E-state index contributed by atoms with van der Waals surface area (Å²) in [7, 11) is 0. The number of carbonyl (C=O) groups excluding carboxylic acids is 1. The van der Waals surface area contributed by atoms with Crippen LogP contribution >= 0.6 is 0 Å². The molecule has 88 valence electrons. The monoisotopic (exact) mass is 214 g/mol. The maximum absolute atomic E-state index is 11.5. The molecule has 1 saturated heterocycles. The van der Waals surface area contributed by atoms with E-state index in [2.05, 4.69) is 17.6 Å². The highest BCUT2D eigenvalue weighted by Gasteiger charge is 2.31. The van der Waals surface area contributed by atoms with Gasteiger partial charge in [0.1, 0.15) is 0 Å². The Bertz CT molecular complexity index is 211. The number of morpholine rings is 1. The van der Waals surface area contributed by atoms with E-state index in [-0.39, 0.29) is 17.4 Å². The number of amides is 1. The number of nitrogens with one attached hydrogen (secondary N) is 2. The van der Waals surface area contributed by atoms with Gasteiger partial charge in [0.15, 0.2) is 0 Å². The molecule has 15 heavy (non-hydrogen) atoms. The summed E-state index contributed by atoms with van der Waals surface area (Å²) < 4.78 is 5.77. The van der Waals surface area contributed by atoms with Gasteiger partial charge in [-0.25, -0.2) is 0 Å². The molecule has 0 spiro atoms. The van der Waals surface area contributed by atoms with E-state index in [1.54, 1.807) is 0 Å². The molecule has 2 N–H and O–H groups in total. The van der Waals surface area contributed by atoms with Gasteiger partial charge in [-0.15, -0.1) is 0 Å². The molecule has 0 saturated carbocycles. The molecular formula is C11H22N2O2. The summed E-state index contributed by atoms with van der Waals surface area (Å²) in [6.07, 6.45) is 0.915. The minimum absolute atomic E-state index is 0.0375. The van der Waals surface area contributed by atoms with Crippen LogP contribution in [0.2, 0.25) is 0 Å². The van der Waals surface area contributed by atoms with Crippen LogP contribution in [-0.4, -0.2) is 37.7 Å². The van der Waals surface area contributed by atoms with E-state index in [1.807, 2.05) is 13.8 Å². The van der Waals surface area contributed by atoms with Gasteiger partial charge in [0.2, 0.25) is 5.91 Å². The molecule has 0 radical (unpaired) electrons. The van der Waals surface area contributed by atoms with Gasteiger partial charge in [0.05, 0.1) is 12.2 Å². The van der Waals surface area contributed by atoms with Crippen LogP contribution in [0.4, 0.5) is 0 Å². The van der Waals surface area contributed by atoms with Crippen LogP contribution < -0.4 is 10.6 Å². The third kappa shape index (κ3) is 3.47. The number of hydrogen-bond donors (Lipinski definition) is 2. The molecule has 1 rings (SSSR count). The molecule has 0 aromatic rings. The zero-order chi connectivity index (χ0) is 11.3. The fourth-order valence-electron chi connectivity index (χ4n) is 1.62. The van der Waals surface area contributed by atoms with Gasteiger partial charge in [-0.05, 0) is 6.42 Å². The van der Waals surface area contributed by atoms with Crippen molar-refractivity contribution in [1.29, 1.82) is 0 Å². The second-order valence-electron chi connectivity index (χ2n) is 4.43. The SMILES string of the molecule is CCC1(CNC(=O)C(C)C)CNCCO1. The molecule has 0 bridgehead atoms. The first kappa shape index (κ1) is 12.5. The van der Waals surface area contributed by atoms with Crippen LogP contribution in [0.15, 0.2) is 0 Å². The molecule has 0 aromatic heterocycles. The van der Waals surface area contributed by atoms with Gasteiger partial charge in [0.25, 0.3) is 0 Å². The largest absolute Gasteiger partial charge is 0.371 e. The number of hydrogen-bond acceptors (Lipinski definition) is 3. The Labute approximate surface area is 91.8 Å². The Kier molecular flexibility index (Phi) is 4.54. The molecule has 1 fully saturated rings. The summed E-state index contributed by atoms with van der Waals surface area (Å²) in [5, 5.41) is 6.24. The lowest BCUT2D eigenvalue weighted by atomic mass is 9.98. The average Bonchev–Trinajstić information content (AvgIpc) is 2.27. The second kappa shape index (κ2) is 5.47. The molecule has 0 aliphatic carbocycles. The van der Waals surface area contributed by atoms with Gasteiger partial charge < -0.3 is 15.4 Å². The average molecular weight is 214 g/mol. The Morgan fingerprint density at radius 3 is 2.80 bits per heavy atom. The van der Waals surface area contributed by atoms with Crippen LogP contribution in [0.25, 0.3) is 0 Å². The molecular weight excluding hydrogens is 192 g/mol. The highest BCUT2D eigenvalue weighted by Crippen LogP contribution is 2.16. The third-order valence-electron chi connectivity index (χ3n) is 2.89. The van der Waals surface area contributed by atoms with Crippen molar-refractivity contribution in [3.8, 4) is 0 Å². The number of rotatable bonds is 4. The minimum Gasteiger partial charge on any atom is -0.371 e. The third-order valence-corrected chi connectivity index (χ3v) is 2.89. The van der Waals surface area contributed by atoms with E-state index in [0.717, 1.165) is 26.1 Å². The van der Waals surface area contributed by atoms with Crippen molar-refractivity contribution in [2.75, 3.05) is 26.2 Å². The standard InChI is InChI=1S/C11H22N2O2/c1-4-11(7-12-5-6-15-11)8-13-10(14)9(2)3/h9,12H,4-8H2,1-3H3,(H,13,14). The molecule has 1 unspecified atom stereocenters. The molecule has 1 amide bonds. The highest BCUT2D eigenvalue weighted by molar-refractivity contribution is 5.77. The Morgan fingerprint density at radius 2 is 2.33 bits per heavy atom. The van der Waals surface area contributed by atoms with Crippen molar-refractivity contribution in [2.45, 2.75) is 32.8 Å². The summed E-state index contributed by atoms with van der Waals surface area (Å²) in [4.78, 5) is 11.5. The minimum atomic E-state index is -0.206. The van der Waals surface area contributed by atoms with E-state index < -0.39 is 0 Å².